The summed E-state index contributed by atoms with van der Waals surface area (Å²) < 4.78 is 48.0. The van der Waals surface area contributed by atoms with Gasteiger partial charge in [-0.05, 0) is 0 Å². The van der Waals surface area contributed by atoms with E-state index < -0.39 is 93.9 Å². The first-order chi connectivity index (χ1) is 17.0. The van der Waals surface area contributed by atoms with Gasteiger partial charge in [0.1, 0.15) is 36.6 Å². The number of phosphoric ester groups is 2. The molecule has 3 rings (SSSR count). The molecule has 19 nitrogen and oxygen atoms in total. The highest BCUT2D eigenvalue weighted by molar-refractivity contribution is 7.96. The number of ether oxygens (including phenoxy) is 2. The predicted octanol–water partition coefficient (Wildman–Crippen LogP) is -4.33. The van der Waals surface area contributed by atoms with Crippen LogP contribution in [0.15, 0.2) is 21.9 Å². The molecule has 0 bridgehead atoms. The first-order valence-corrected chi connectivity index (χ1v) is 13.4. The second kappa shape index (κ2) is 11.4. The van der Waals surface area contributed by atoms with Gasteiger partial charge in [-0.15, -0.1) is 12.6 Å². The molecule has 210 valence electrons. The summed E-state index contributed by atoms with van der Waals surface area (Å²) in [4.78, 5) is 55.9. The SMILES string of the molecule is O=C(S)[C@H]1O[C@H](OP(=O)(O)OP(=O)(O)OC[C@H]2O[C@@H](n3ccc(=O)[nH]c3=O)[C@H](O)[C@@H]2O)[C@H](O)[C@@H](O)[C@@H]1O. The van der Waals surface area contributed by atoms with Crippen LogP contribution in [0.25, 0.3) is 0 Å². The number of nitrogens with zero attached hydrogens (tertiary/aromatic N) is 1. The summed E-state index contributed by atoms with van der Waals surface area (Å²) in [5.41, 5.74) is -1.76. The lowest BCUT2D eigenvalue weighted by molar-refractivity contribution is -0.267. The Morgan fingerprint density at radius 2 is 1.65 bits per heavy atom. The molecule has 11 atom stereocenters. The molecule has 0 amide bonds. The van der Waals surface area contributed by atoms with E-state index in [0.717, 1.165) is 12.3 Å². The number of carbonyl (C=O) groups excluding carboxylic acids is 1. The summed E-state index contributed by atoms with van der Waals surface area (Å²) in [6, 6.07) is 0.920. The maximum atomic E-state index is 12.2. The normalized spacial score (nSPS) is 37.6. The molecule has 0 aromatic carbocycles. The van der Waals surface area contributed by atoms with Crippen molar-refractivity contribution in [2.45, 2.75) is 55.2 Å². The van der Waals surface area contributed by atoms with E-state index in [1.165, 1.54) is 0 Å². The Bertz CT molecular complexity index is 1210. The van der Waals surface area contributed by atoms with Crippen molar-refractivity contribution in [2.24, 2.45) is 0 Å². The maximum absolute atomic E-state index is 12.2. The van der Waals surface area contributed by atoms with Crippen molar-refractivity contribution in [3.05, 3.63) is 33.1 Å². The fourth-order valence-corrected chi connectivity index (χ4v) is 5.71. The van der Waals surface area contributed by atoms with E-state index in [0.29, 0.717) is 4.57 Å². The van der Waals surface area contributed by atoms with Crippen LogP contribution in [0.4, 0.5) is 0 Å². The molecular formula is C15H22N2O17P2S. The largest absolute Gasteiger partial charge is 0.483 e. The molecule has 2 aliphatic rings. The lowest BCUT2D eigenvalue weighted by Crippen LogP contribution is -2.59. The van der Waals surface area contributed by atoms with Gasteiger partial charge in [0.05, 0.1) is 6.61 Å². The van der Waals surface area contributed by atoms with Crippen molar-refractivity contribution in [3.63, 3.8) is 0 Å². The standard InChI is InChI=1S/C15H22N2O17P2S/c18-5-1-2-17(15(25)16-5)12-9(22)6(19)4(31-12)3-30-35(26,27)34-36(28,29)33-14-10(23)7(20)8(21)11(32-14)13(24)37/h1-2,4,6-12,14,19-23H,3H2,(H,24,37)(H,26,27)(H,28,29)(H,16,18,25)/t4-,6-,7+,8+,9-,10-,11+,12-,14-/m1/s1. The fourth-order valence-electron chi connectivity index (χ4n) is 3.34. The van der Waals surface area contributed by atoms with Gasteiger partial charge < -0.3 is 44.8 Å². The number of aromatic amines is 1. The highest BCUT2D eigenvalue weighted by atomic mass is 32.1. The first-order valence-electron chi connectivity index (χ1n) is 9.98. The van der Waals surface area contributed by atoms with Gasteiger partial charge in [-0.3, -0.25) is 28.2 Å². The highest BCUT2D eigenvalue weighted by Gasteiger charge is 2.50. The molecule has 2 fully saturated rings. The summed E-state index contributed by atoms with van der Waals surface area (Å²) in [6.45, 7) is -1.05. The quantitative estimate of drug-likeness (QED) is 0.0961. The Hall–Kier alpha value is -1.32. The minimum atomic E-state index is -5.67. The van der Waals surface area contributed by atoms with Gasteiger partial charge in [-0.2, -0.15) is 4.31 Å². The molecule has 2 saturated heterocycles. The second-order valence-electron chi connectivity index (χ2n) is 7.72. The maximum Gasteiger partial charge on any atom is 0.483 e. The predicted molar refractivity (Wildman–Crippen MR) is 116 cm³/mol. The summed E-state index contributed by atoms with van der Waals surface area (Å²) in [5.74, 6) is 0. The van der Waals surface area contributed by atoms with E-state index >= 15 is 0 Å². The second-order valence-corrected chi connectivity index (χ2v) is 11.2. The number of aliphatic hydroxyl groups excluding tert-OH is 5. The number of carbonyl (C=O) groups is 1. The van der Waals surface area contributed by atoms with Crippen LogP contribution in [0.5, 0.6) is 0 Å². The van der Waals surface area contributed by atoms with E-state index in [1.807, 2.05) is 4.98 Å². The van der Waals surface area contributed by atoms with E-state index in [-0.39, 0.29) is 0 Å². The summed E-state index contributed by atoms with van der Waals surface area (Å²) >= 11 is 3.39. The van der Waals surface area contributed by atoms with Crippen LogP contribution in [0.2, 0.25) is 0 Å². The van der Waals surface area contributed by atoms with Crippen molar-refractivity contribution in [1.82, 2.24) is 9.55 Å². The summed E-state index contributed by atoms with van der Waals surface area (Å²) in [6.07, 6.45) is -16.4. The molecule has 1 aromatic rings. The van der Waals surface area contributed by atoms with Crippen LogP contribution in [-0.2, 0) is 36.8 Å². The van der Waals surface area contributed by atoms with Crippen molar-refractivity contribution in [2.75, 3.05) is 6.61 Å². The van der Waals surface area contributed by atoms with Crippen molar-refractivity contribution in [1.29, 1.82) is 0 Å². The van der Waals surface area contributed by atoms with Gasteiger partial charge in [0.25, 0.3) is 5.56 Å². The molecule has 0 saturated carbocycles. The number of phosphoric acid groups is 2. The van der Waals surface area contributed by atoms with Gasteiger partial charge in [0.15, 0.2) is 18.6 Å². The molecule has 0 radical (unpaired) electrons. The van der Waals surface area contributed by atoms with Crippen LogP contribution < -0.4 is 11.2 Å². The zero-order valence-corrected chi connectivity index (χ0v) is 20.7. The van der Waals surface area contributed by atoms with Gasteiger partial charge in [-0.1, -0.05) is 0 Å². The molecule has 0 spiro atoms. The summed E-state index contributed by atoms with van der Waals surface area (Å²) in [7, 11) is -11.2. The smallest absolute Gasteiger partial charge is 0.387 e. The van der Waals surface area contributed by atoms with Crippen LogP contribution in [0.1, 0.15) is 6.23 Å². The third kappa shape index (κ3) is 7.01. The van der Waals surface area contributed by atoms with Crippen LogP contribution in [0.3, 0.4) is 0 Å². The minimum Gasteiger partial charge on any atom is -0.387 e. The number of H-pyrrole nitrogens is 1. The number of hydrogen-bond acceptors (Lipinski definition) is 15. The Labute approximate surface area is 210 Å². The monoisotopic (exact) mass is 596 g/mol. The van der Waals surface area contributed by atoms with Crippen LogP contribution in [0, 0.1) is 0 Å². The minimum absolute atomic E-state index is 0.712. The summed E-state index contributed by atoms with van der Waals surface area (Å²) in [5, 5.41) is 48.4. The van der Waals surface area contributed by atoms with Crippen molar-refractivity contribution >= 4 is 33.4 Å². The van der Waals surface area contributed by atoms with Crippen LogP contribution in [-0.4, -0.2) is 106 Å². The molecule has 2 unspecified atom stereocenters. The molecule has 37 heavy (non-hydrogen) atoms. The van der Waals surface area contributed by atoms with E-state index in [2.05, 4.69) is 26.0 Å². The third-order valence-electron chi connectivity index (χ3n) is 5.12. The number of aromatic nitrogens is 2. The molecule has 8 N–H and O–H groups in total. The Balaban J connectivity index is 1.63. The Morgan fingerprint density at radius 1 is 1.00 bits per heavy atom. The number of aliphatic hydroxyl groups is 5. The zero-order valence-electron chi connectivity index (χ0n) is 18.1. The fraction of sp³-hybridized carbons (Fsp3) is 0.667. The number of thiol groups is 1. The average Bonchev–Trinajstić information content (AvgIpc) is 3.05. The first kappa shape index (κ1) is 30.2. The van der Waals surface area contributed by atoms with Crippen LogP contribution >= 0.6 is 28.3 Å². The number of rotatable bonds is 9. The Morgan fingerprint density at radius 3 is 2.24 bits per heavy atom. The lowest BCUT2D eigenvalue weighted by Gasteiger charge is -2.39. The van der Waals surface area contributed by atoms with Gasteiger partial charge >= 0.3 is 21.3 Å². The van der Waals surface area contributed by atoms with Gasteiger partial charge in [-0.25, -0.2) is 13.9 Å². The Kier molecular flexibility index (Phi) is 9.33. The zero-order chi connectivity index (χ0) is 27.9. The molecule has 2 aliphatic heterocycles. The number of hydrogen-bond donors (Lipinski definition) is 9. The topological polar surface area (TPSA) is 294 Å². The molecular weight excluding hydrogens is 574 g/mol. The molecule has 1 aromatic heterocycles. The van der Waals surface area contributed by atoms with E-state index in [1.54, 1.807) is 0 Å². The van der Waals surface area contributed by atoms with E-state index in [4.69, 9.17) is 9.47 Å². The highest BCUT2D eigenvalue weighted by Crippen LogP contribution is 2.61. The molecule has 3 heterocycles. The lowest BCUT2D eigenvalue weighted by atomic mass is 10.00. The molecule has 22 heteroatoms. The van der Waals surface area contributed by atoms with E-state index in [9.17, 15) is 58.8 Å². The molecule has 0 aliphatic carbocycles. The van der Waals surface area contributed by atoms with Gasteiger partial charge in [0, 0.05) is 12.3 Å². The van der Waals surface area contributed by atoms with Crippen molar-refractivity contribution < 1.29 is 72.1 Å². The third-order valence-corrected chi connectivity index (χ3v) is 7.98. The van der Waals surface area contributed by atoms with Gasteiger partial charge in [0.2, 0.25) is 5.12 Å². The van der Waals surface area contributed by atoms with Crippen molar-refractivity contribution in [3.8, 4) is 0 Å². The number of nitrogens with one attached hydrogen (secondary N) is 1. The average molecular weight is 596 g/mol.